The van der Waals surface area contributed by atoms with E-state index in [9.17, 15) is 18.4 Å². The lowest BCUT2D eigenvalue weighted by Crippen LogP contribution is -2.40. The summed E-state index contributed by atoms with van der Waals surface area (Å²) in [6.45, 7) is 2.13. The number of imidazole rings is 1. The smallest absolute Gasteiger partial charge is 0.332 e. The zero-order valence-electron chi connectivity index (χ0n) is 18.7. The molecule has 0 spiro atoms. The van der Waals surface area contributed by atoms with E-state index in [-0.39, 0.29) is 54.9 Å². The molecule has 0 radical (unpaired) electrons. The Balaban J connectivity index is 2.26. The number of alkyl halides is 1. The molecule has 3 rings (SSSR count). The number of aryl methyl sites for hydroxylation is 1. The predicted molar refractivity (Wildman–Crippen MR) is 125 cm³/mol. The Kier molecular flexibility index (Phi) is 8.35. The fraction of sp³-hybridized carbons (Fsp3) is 0.364. The Labute approximate surface area is 198 Å². The molecular weight excluding hydrogens is 472 g/mol. The van der Waals surface area contributed by atoms with Gasteiger partial charge in [-0.3, -0.25) is 23.5 Å². The number of hydrogen-bond acceptors (Lipinski definition) is 6. The number of aliphatic hydroxyl groups is 1. The van der Waals surface area contributed by atoms with Gasteiger partial charge in [-0.05, 0) is 31.6 Å². The average Bonchev–Trinajstić information content (AvgIpc) is 3.16. The summed E-state index contributed by atoms with van der Waals surface area (Å²) in [4.78, 5) is 34.8. The third-order valence-electron chi connectivity index (χ3n) is 4.92. The number of benzene rings is 1. The number of aromatic nitrogens is 4. The van der Waals surface area contributed by atoms with Gasteiger partial charge in [0, 0.05) is 38.7 Å². The molecule has 0 saturated heterocycles. The molecular formula is C22H24ClF2N5O4. The maximum Gasteiger partial charge on any atom is 0.332 e. The molecule has 0 aliphatic rings. The Morgan fingerprint density at radius 1 is 1.26 bits per heavy atom. The first kappa shape index (κ1) is 25.3. The van der Waals surface area contributed by atoms with Crippen molar-refractivity contribution in [3.63, 3.8) is 0 Å². The molecule has 12 heteroatoms. The number of ether oxygens (including phenoxy) is 1. The van der Waals surface area contributed by atoms with Crippen LogP contribution in [0.25, 0.3) is 11.2 Å². The second kappa shape index (κ2) is 11.2. The highest BCUT2D eigenvalue weighted by Crippen LogP contribution is 2.25. The molecule has 0 unspecified atom stereocenters. The molecule has 0 saturated carbocycles. The van der Waals surface area contributed by atoms with Gasteiger partial charge in [-0.15, -0.1) is 11.6 Å². The number of rotatable bonds is 10. The van der Waals surface area contributed by atoms with Crippen LogP contribution in [0.4, 0.5) is 8.78 Å². The van der Waals surface area contributed by atoms with Crippen LogP contribution in [0.15, 0.2) is 44.9 Å². The Morgan fingerprint density at radius 2 is 2.03 bits per heavy atom. The average molecular weight is 496 g/mol. The van der Waals surface area contributed by atoms with E-state index in [0.717, 1.165) is 16.7 Å². The summed E-state index contributed by atoms with van der Waals surface area (Å²) in [6.07, 6.45) is 3.57. The summed E-state index contributed by atoms with van der Waals surface area (Å²) in [7, 11) is 1.45. The first-order valence-electron chi connectivity index (χ1n) is 10.5. The van der Waals surface area contributed by atoms with Crippen LogP contribution in [-0.2, 0) is 20.1 Å². The molecule has 0 fully saturated rings. The maximum atomic E-state index is 13.7. The molecule has 1 N–H and O–H groups in total. The van der Waals surface area contributed by atoms with Crippen molar-refractivity contribution in [1.82, 2.24) is 18.7 Å². The minimum atomic E-state index is -1.11. The standard InChI is InChI=1S/C22H24ClF2N5O4/c1-3-26-14(6-4-9-23)13-30-18-19(28(2)22(33)29(20(18)32)10-5-11-31)27-21(30)34-15-7-8-16(24)17(25)12-15/h4,6-8,12,31H,3,5,9-11,13H2,1-2H3/b6-4-,26-14+. The van der Waals surface area contributed by atoms with Crippen molar-refractivity contribution in [2.75, 3.05) is 19.0 Å². The zero-order chi connectivity index (χ0) is 24.8. The third kappa shape index (κ3) is 5.26. The normalized spacial score (nSPS) is 12.2. The van der Waals surface area contributed by atoms with E-state index in [1.54, 1.807) is 12.2 Å². The van der Waals surface area contributed by atoms with Crippen LogP contribution >= 0.6 is 11.6 Å². The molecule has 9 nitrogen and oxygen atoms in total. The van der Waals surface area contributed by atoms with Crippen molar-refractivity contribution in [1.29, 1.82) is 0 Å². The van der Waals surface area contributed by atoms with Gasteiger partial charge in [-0.2, -0.15) is 4.98 Å². The lowest BCUT2D eigenvalue weighted by atomic mass is 10.3. The van der Waals surface area contributed by atoms with E-state index in [2.05, 4.69) is 9.98 Å². The summed E-state index contributed by atoms with van der Waals surface area (Å²) < 4.78 is 36.4. The summed E-state index contributed by atoms with van der Waals surface area (Å²) in [6, 6.07) is 2.86. The first-order valence-corrected chi connectivity index (χ1v) is 11.0. The number of aliphatic imine (C=N–C) groups is 1. The van der Waals surface area contributed by atoms with Gasteiger partial charge in [0.1, 0.15) is 5.75 Å². The Hall–Kier alpha value is -3.31. The van der Waals surface area contributed by atoms with Gasteiger partial charge >= 0.3 is 11.7 Å². The van der Waals surface area contributed by atoms with Gasteiger partial charge in [-0.25, -0.2) is 13.6 Å². The summed E-state index contributed by atoms with van der Waals surface area (Å²) in [5.41, 5.74) is -0.589. The Bertz CT molecular complexity index is 1360. The van der Waals surface area contributed by atoms with Crippen LogP contribution < -0.4 is 16.0 Å². The largest absolute Gasteiger partial charge is 0.425 e. The molecule has 0 aliphatic heterocycles. The van der Waals surface area contributed by atoms with E-state index >= 15 is 0 Å². The SMILES string of the molecule is CC/N=C(\C=C/CCl)Cn1c(Oc2ccc(F)c(F)c2)nc2c1c(=O)n(CCCO)c(=O)n2C. The highest BCUT2D eigenvalue weighted by molar-refractivity contribution is 6.19. The minimum Gasteiger partial charge on any atom is -0.425 e. The molecule has 0 aliphatic carbocycles. The molecule has 2 heterocycles. The second-order valence-electron chi connectivity index (χ2n) is 7.23. The number of aliphatic hydroxyl groups excluding tert-OH is 1. The van der Waals surface area contributed by atoms with Gasteiger partial charge in [0.2, 0.25) is 0 Å². The van der Waals surface area contributed by atoms with Crippen LogP contribution in [0.5, 0.6) is 11.8 Å². The number of fused-ring (bicyclic) bond motifs is 1. The van der Waals surface area contributed by atoms with E-state index < -0.39 is 22.9 Å². The summed E-state index contributed by atoms with van der Waals surface area (Å²) in [5, 5.41) is 9.16. The Morgan fingerprint density at radius 3 is 2.68 bits per heavy atom. The van der Waals surface area contributed by atoms with Crippen molar-refractivity contribution in [3.8, 4) is 11.8 Å². The van der Waals surface area contributed by atoms with Crippen LogP contribution in [0, 0.1) is 11.6 Å². The maximum absolute atomic E-state index is 13.7. The lowest BCUT2D eigenvalue weighted by Gasteiger charge is -2.11. The van der Waals surface area contributed by atoms with Crippen molar-refractivity contribution in [3.05, 3.63) is 62.8 Å². The molecule has 0 bridgehead atoms. The molecule has 1 aromatic carbocycles. The summed E-state index contributed by atoms with van der Waals surface area (Å²) in [5.74, 6) is -1.96. The van der Waals surface area contributed by atoms with Crippen LogP contribution in [0.2, 0.25) is 0 Å². The molecule has 3 aromatic rings. The topological polar surface area (TPSA) is 104 Å². The fourth-order valence-corrected chi connectivity index (χ4v) is 3.44. The van der Waals surface area contributed by atoms with E-state index in [4.69, 9.17) is 21.4 Å². The highest BCUT2D eigenvalue weighted by atomic mass is 35.5. The first-order chi connectivity index (χ1) is 16.3. The summed E-state index contributed by atoms with van der Waals surface area (Å²) >= 11 is 5.76. The van der Waals surface area contributed by atoms with Crippen molar-refractivity contribution < 1.29 is 18.6 Å². The number of allylic oxidation sites excluding steroid dienone is 2. The highest BCUT2D eigenvalue weighted by Gasteiger charge is 2.22. The van der Waals surface area contributed by atoms with Crippen molar-refractivity contribution in [2.45, 2.75) is 26.4 Å². The third-order valence-corrected chi connectivity index (χ3v) is 5.10. The number of nitrogens with zero attached hydrogens (tertiary/aromatic N) is 5. The number of hydrogen-bond donors (Lipinski definition) is 1. The van der Waals surface area contributed by atoms with Gasteiger partial charge in [0.15, 0.2) is 22.8 Å². The van der Waals surface area contributed by atoms with E-state index in [1.807, 2.05) is 6.92 Å². The van der Waals surface area contributed by atoms with Gasteiger partial charge in [0.05, 0.1) is 12.3 Å². The zero-order valence-corrected chi connectivity index (χ0v) is 19.4. The molecule has 0 amide bonds. The fourth-order valence-electron chi connectivity index (χ4n) is 3.35. The van der Waals surface area contributed by atoms with E-state index in [0.29, 0.717) is 12.3 Å². The van der Waals surface area contributed by atoms with Crippen molar-refractivity contribution >= 4 is 28.5 Å². The lowest BCUT2D eigenvalue weighted by molar-refractivity contribution is 0.277. The molecule has 182 valence electrons. The van der Waals surface area contributed by atoms with Crippen LogP contribution in [0.3, 0.4) is 0 Å². The molecule has 0 atom stereocenters. The molecule has 34 heavy (non-hydrogen) atoms. The monoisotopic (exact) mass is 495 g/mol. The number of halogens is 3. The second-order valence-corrected chi connectivity index (χ2v) is 7.54. The van der Waals surface area contributed by atoms with Crippen LogP contribution in [0.1, 0.15) is 13.3 Å². The van der Waals surface area contributed by atoms with Crippen molar-refractivity contribution in [2.24, 2.45) is 12.0 Å². The molecule has 2 aromatic heterocycles. The van der Waals surface area contributed by atoms with E-state index in [1.165, 1.54) is 22.2 Å². The van der Waals surface area contributed by atoms with Crippen LogP contribution in [-0.4, -0.2) is 48.5 Å². The minimum absolute atomic E-state index is 0.00451. The quantitative estimate of drug-likeness (QED) is 0.344. The predicted octanol–water partition coefficient (Wildman–Crippen LogP) is 2.61. The van der Waals surface area contributed by atoms with Gasteiger partial charge < -0.3 is 9.84 Å². The van der Waals surface area contributed by atoms with Gasteiger partial charge in [-0.1, -0.05) is 6.08 Å². The van der Waals surface area contributed by atoms with Gasteiger partial charge in [0.25, 0.3) is 5.56 Å².